The van der Waals surface area contributed by atoms with E-state index in [4.69, 9.17) is 10.5 Å². The number of aromatic nitrogens is 1. The van der Waals surface area contributed by atoms with E-state index in [0.717, 1.165) is 26.7 Å². The number of fused-ring (bicyclic) bond motifs is 2. The summed E-state index contributed by atoms with van der Waals surface area (Å²) in [6.45, 7) is 5.66. The minimum atomic E-state index is -0.384. The van der Waals surface area contributed by atoms with E-state index in [2.05, 4.69) is 4.98 Å². The molecule has 0 amide bonds. The maximum absolute atomic E-state index is 12.1. The zero-order valence-corrected chi connectivity index (χ0v) is 13.0. The van der Waals surface area contributed by atoms with Crippen LogP contribution in [0.3, 0.4) is 0 Å². The van der Waals surface area contributed by atoms with Crippen molar-refractivity contribution in [1.29, 1.82) is 0 Å². The lowest BCUT2D eigenvalue weighted by molar-refractivity contribution is 0.0385. The Kier molecular flexibility index (Phi) is 3.29. The van der Waals surface area contributed by atoms with Crippen molar-refractivity contribution >= 4 is 44.1 Å². The van der Waals surface area contributed by atoms with Crippen LogP contribution in [-0.2, 0) is 4.74 Å². The first-order valence-electron chi connectivity index (χ1n) is 6.76. The number of benzene rings is 1. The molecule has 0 fully saturated rings. The number of ether oxygens (including phenoxy) is 1. The summed E-state index contributed by atoms with van der Waals surface area (Å²) < 4.78 is 5.23. The summed E-state index contributed by atoms with van der Waals surface area (Å²) in [5.74, 6) is -0.384. The Labute approximate surface area is 126 Å². The van der Waals surface area contributed by atoms with Gasteiger partial charge in [-0.05, 0) is 38.5 Å². The molecule has 1 aromatic carbocycles. The van der Waals surface area contributed by atoms with E-state index in [1.807, 2.05) is 45.0 Å². The molecule has 0 aliphatic rings. The molecule has 3 rings (SSSR count). The van der Waals surface area contributed by atoms with Crippen LogP contribution in [-0.4, -0.2) is 17.1 Å². The lowest BCUT2D eigenvalue weighted by Crippen LogP contribution is -2.11. The minimum absolute atomic E-state index is 0.170. The van der Waals surface area contributed by atoms with Crippen molar-refractivity contribution < 1.29 is 9.53 Å². The zero-order chi connectivity index (χ0) is 15.1. The summed E-state index contributed by atoms with van der Waals surface area (Å²) in [4.78, 5) is 17.9. The molecule has 3 aromatic rings. The van der Waals surface area contributed by atoms with Gasteiger partial charge in [-0.1, -0.05) is 12.1 Å². The Morgan fingerprint density at radius 1 is 1.33 bits per heavy atom. The van der Waals surface area contributed by atoms with Gasteiger partial charge in [-0.2, -0.15) is 0 Å². The number of carbonyl (C=O) groups excluding carboxylic acids is 1. The Hall–Kier alpha value is -2.14. The third kappa shape index (κ3) is 2.45. The van der Waals surface area contributed by atoms with Gasteiger partial charge in [-0.25, -0.2) is 9.78 Å². The minimum Gasteiger partial charge on any atom is -0.459 e. The van der Waals surface area contributed by atoms with E-state index in [9.17, 15) is 4.79 Å². The average molecular weight is 300 g/mol. The Bertz CT molecular complexity index is 852. The maximum atomic E-state index is 12.1. The van der Waals surface area contributed by atoms with Crippen LogP contribution >= 0.6 is 11.3 Å². The molecule has 2 heterocycles. The number of rotatable bonds is 2. The standard InChI is InChI=1S/C16H16N2O2S/c1-8(2)20-16(19)14-13(17)11-7-10-5-4-9(3)6-12(10)18-15(11)21-14/h4-8H,17H2,1-3H3. The highest BCUT2D eigenvalue weighted by Crippen LogP contribution is 2.35. The first-order chi connectivity index (χ1) is 9.95. The van der Waals surface area contributed by atoms with Crippen molar-refractivity contribution in [2.24, 2.45) is 0 Å². The van der Waals surface area contributed by atoms with Crippen molar-refractivity contribution in [3.05, 3.63) is 34.7 Å². The molecule has 0 bridgehead atoms. The van der Waals surface area contributed by atoms with Crippen molar-refractivity contribution in [1.82, 2.24) is 4.98 Å². The number of thiophene rings is 1. The normalized spacial score (nSPS) is 11.4. The lowest BCUT2D eigenvalue weighted by atomic mass is 10.1. The van der Waals surface area contributed by atoms with Crippen LogP contribution in [0.15, 0.2) is 24.3 Å². The molecule has 2 N–H and O–H groups in total. The molecule has 21 heavy (non-hydrogen) atoms. The molecule has 2 aromatic heterocycles. The number of pyridine rings is 1. The molecule has 0 radical (unpaired) electrons. The topological polar surface area (TPSA) is 65.2 Å². The molecule has 0 saturated carbocycles. The summed E-state index contributed by atoms with van der Waals surface area (Å²) in [7, 11) is 0. The van der Waals surface area contributed by atoms with Gasteiger partial charge in [-0.15, -0.1) is 11.3 Å². The van der Waals surface area contributed by atoms with Gasteiger partial charge in [0.15, 0.2) is 0 Å². The zero-order valence-electron chi connectivity index (χ0n) is 12.1. The molecule has 5 heteroatoms. The van der Waals surface area contributed by atoms with Crippen molar-refractivity contribution in [3.8, 4) is 0 Å². The summed E-state index contributed by atoms with van der Waals surface area (Å²) in [5, 5.41) is 1.83. The highest BCUT2D eigenvalue weighted by atomic mass is 32.1. The van der Waals surface area contributed by atoms with Crippen molar-refractivity contribution in [3.63, 3.8) is 0 Å². The summed E-state index contributed by atoms with van der Waals surface area (Å²) in [5.41, 5.74) is 8.62. The van der Waals surface area contributed by atoms with Crippen LogP contribution < -0.4 is 5.73 Å². The first-order valence-corrected chi connectivity index (χ1v) is 7.57. The highest BCUT2D eigenvalue weighted by molar-refractivity contribution is 7.21. The monoisotopic (exact) mass is 300 g/mol. The van der Waals surface area contributed by atoms with Gasteiger partial charge in [-0.3, -0.25) is 0 Å². The fourth-order valence-corrected chi connectivity index (χ4v) is 3.19. The van der Waals surface area contributed by atoms with Crippen molar-refractivity contribution in [2.45, 2.75) is 26.9 Å². The maximum Gasteiger partial charge on any atom is 0.350 e. The van der Waals surface area contributed by atoms with Gasteiger partial charge in [0.05, 0.1) is 17.3 Å². The average Bonchev–Trinajstić information content (AvgIpc) is 2.72. The Balaban J connectivity index is 2.19. The third-order valence-corrected chi connectivity index (χ3v) is 4.30. The lowest BCUT2D eigenvalue weighted by Gasteiger charge is -2.06. The second-order valence-corrected chi connectivity index (χ2v) is 6.34. The van der Waals surface area contributed by atoms with E-state index in [-0.39, 0.29) is 12.1 Å². The summed E-state index contributed by atoms with van der Waals surface area (Å²) in [6.07, 6.45) is -0.170. The molecule has 0 unspecified atom stereocenters. The largest absolute Gasteiger partial charge is 0.459 e. The second kappa shape index (κ2) is 5.00. The highest BCUT2D eigenvalue weighted by Gasteiger charge is 2.19. The number of nitrogens with two attached hydrogens (primary N) is 1. The van der Waals surface area contributed by atoms with Crippen LogP contribution in [0, 0.1) is 6.92 Å². The van der Waals surface area contributed by atoms with Crippen LogP contribution in [0.1, 0.15) is 29.1 Å². The fourth-order valence-electron chi connectivity index (χ4n) is 2.22. The van der Waals surface area contributed by atoms with E-state index in [1.165, 1.54) is 11.3 Å². The molecule has 4 nitrogen and oxygen atoms in total. The molecule has 0 atom stereocenters. The van der Waals surface area contributed by atoms with Gasteiger partial charge in [0.1, 0.15) is 9.71 Å². The fraction of sp³-hybridized carbons (Fsp3) is 0.250. The number of esters is 1. The number of aryl methyl sites for hydroxylation is 1. The SMILES string of the molecule is Cc1ccc2cc3c(N)c(C(=O)OC(C)C)sc3nc2c1. The predicted octanol–water partition coefficient (Wildman–Crippen LogP) is 3.91. The molecular formula is C16H16N2O2S. The molecule has 0 aliphatic carbocycles. The Morgan fingerprint density at radius 2 is 2.10 bits per heavy atom. The van der Waals surface area contributed by atoms with Gasteiger partial charge >= 0.3 is 5.97 Å². The van der Waals surface area contributed by atoms with Crippen LogP contribution in [0.25, 0.3) is 21.1 Å². The summed E-state index contributed by atoms with van der Waals surface area (Å²) in [6, 6.07) is 8.05. The van der Waals surface area contributed by atoms with Gasteiger partial charge in [0, 0.05) is 10.8 Å². The Morgan fingerprint density at radius 3 is 2.81 bits per heavy atom. The van der Waals surface area contributed by atoms with E-state index >= 15 is 0 Å². The smallest absolute Gasteiger partial charge is 0.350 e. The quantitative estimate of drug-likeness (QED) is 0.729. The van der Waals surface area contributed by atoms with E-state index in [0.29, 0.717) is 10.6 Å². The van der Waals surface area contributed by atoms with E-state index < -0.39 is 0 Å². The molecule has 0 saturated heterocycles. The van der Waals surface area contributed by atoms with Gasteiger partial charge in [0.2, 0.25) is 0 Å². The number of hydrogen-bond donors (Lipinski definition) is 1. The van der Waals surface area contributed by atoms with Gasteiger partial charge < -0.3 is 10.5 Å². The second-order valence-electron chi connectivity index (χ2n) is 5.34. The number of carbonyl (C=O) groups is 1. The van der Waals surface area contributed by atoms with Crippen molar-refractivity contribution in [2.75, 3.05) is 5.73 Å². The summed E-state index contributed by atoms with van der Waals surface area (Å²) >= 11 is 1.28. The number of nitrogen functional groups attached to an aromatic ring is 1. The number of nitrogens with zero attached hydrogens (tertiary/aromatic N) is 1. The predicted molar refractivity (Wildman–Crippen MR) is 86.8 cm³/mol. The van der Waals surface area contributed by atoms with Gasteiger partial charge in [0.25, 0.3) is 0 Å². The van der Waals surface area contributed by atoms with E-state index in [1.54, 1.807) is 0 Å². The first kappa shape index (κ1) is 13.8. The molecule has 0 spiro atoms. The number of hydrogen-bond acceptors (Lipinski definition) is 5. The van der Waals surface area contributed by atoms with Crippen LogP contribution in [0.2, 0.25) is 0 Å². The third-order valence-electron chi connectivity index (χ3n) is 3.20. The van der Waals surface area contributed by atoms with Crippen LogP contribution in [0.4, 0.5) is 5.69 Å². The molecule has 0 aliphatic heterocycles. The van der Waals surface area contributed by atoms with Crippen LogP contribution in [0.5, 0.6) is 0 Å². The molecule has 108 valence electrons. The number of anilines is 1. The molecular weight excluding hydrogens is 284 g/mol.